The average molecular weight is 318 g/mol. The van der Waals surface area contributed by atoms with E-state index in [1.54, 1.807) is 6.08 Å². The molecule has 1 heterocycles. The molecule has 1 amide bonds. The topological polar surface area (TPSA) is 79.2 Å². The molecule has 0 unspecified atom stereocenters. The predicted octanol–water partition coefficient (Wildman–Crippen LogP) is 2.65. The van der Waals surface area contributed by atoms with Gasteiger partial charge in [0.25, 0.3) is 5.91 Å². The maximum atomic E-state index is 11.9. The minimum atomic E-state index is -0.797. The van der Waals surface area contributed by atoms with Crippen LogP contribution in [0.1, 0.15) is 37.7 Å². The second-order valence-corrected chi connectivity index (χ2v) is 6.08. The van der Waals surface area contributed by atoms with Gasteiger partial charge in [0.15, 0.2) is 6.61 Å². The lowest BCUT2D eigenvalue weighted by molar-refractivity contribution is -0.144. The summed E-state index contributed by atoms with van der Waals surface area (Å²) in [5.74, 6) is -1.00. The summed E-state index contributed by atoms with van der Waals surface area (Å²) in [6.07, 6.45) is 7.17. The Morgan fingerprint density at radius 2 is 2.18 bits per heavy atom. The molecule has 0 radical (unpaired) electrons. The van der Waals surface area contributed by atoms with E-state index in [-0.39, 0.29) is 6.61 Å². The van der Waals surface area contributed by atoms with Crippen molar-refractivity contribution in [2.45, 2.75) is 37.6 Å². The molecule has 0 atom stereocenters. The highest BCUT2D eigenvalue weighted by Crippen LogP contribution is 2.27. The second-order valence-electron chi connectivity index (χ2n) is 5.30. The van der Waals surface area contributed by atoms with E-state index in [0.717, 1.165) is 24.8 Å². The fraction of sp³-hybridized carbons (Fsp3) is 0.438. The first kappa shape index (κ1) is 16.2. The number of carbonyl (C=O) groups excluding carboxylic acids is 2. The number of amides is 1. The smallest absolute Gasteiger partial charge is 0.331 e. The van der Waals surface area contributed by atoms with Crippen LogP contribution in [0.2, 0.25) is 0 Å². The Balaban J connectivity index is 1.77. The van der Waals surface area contributed by atoms with Gasteiger partial charge < -0.3 is 10.1 Å². The zero-order chi connectivity index (χ0) is 15.8. The molecular weight excluding hydrogens is 300 g/mol. The van der Waals surface area contributed by atoms with Crippen molar-refractivity contribution in [1.82, 2.24) is 5.32 Å². The van der Waals surface area contributed by atoms with Gasteiger partial charge in [-0.15, -0.1) is 0 Å². The SMILES string of the molecule is N#CC1(NC(=O)COC(=O)/C=C/c2ccsc2)CCCCC1. The molecular formula is C16H18N2O3S. The highest BCUT2D eigenvalue weighted by atomic mass is 32.1. The molecule has 1 aromatic rings. The van der Waals surface area contributed by atoms with Gasteiger partial charge in [0.2, 0.25) is 0 Å². The molecule has 1 saturated carbocycles. The number of thiophene rings is 1. The number of esters is 1. The minimum Gasteiger partial charge on any atom is -0.452 e. The number of nitrogens with one attached hydrogen (secondary N) is 1. The van der Waals surface area contributed by atoms with Gasteiger partial charge in [-0.1, -0.05) is 19.3 Å². The zero-order valence-corrected chi connectivity index (χ0v) is 13.0. The summed E-state index contributed by atoms with van der Waals surface area (Å²) in [4.78, 5) is 23.4. The van der Waals surface area contributed by atoms with Crippen molar-refractivity contribution >= 4 is 29.3 Å². The van der Waals surface area contributed by atoms with Gasteiger partial charge in [0, 0.05) is 6.08 Å². The van der Waals surface area contributed by atoms with Gasteiger partial charge in [-0.05, 0) is 41.3 Å². The molecule has 6 heteroatoms. The third-order valence-corrected chi connectivity index (χ3v) is 4.30. The van der Waals surface area contributed by atoms with E-state index in [9.17, 15) is 14.9 Å². The van der Waals surface area contributed by atoms with Gasteiger partial charge in [-0.2, -0.15) is 16.6 Å². The summed E-state index contributed by atoms with van der Waals surface area (Å²) in [5.41, 5.74) is 0.117. The lowest BCUT2D eigenvalue weighted by Gasteiger charge is -2.31. The van der Waals surface area contributed by atoms with Crippen LogP contribution in [0, 0.1) is 11.3 Å². The summed E-state index contributed by atoms with van der Waals surface area (Å²) >= 11 is 1.53. The average Bonchev–Trinajstić information content (AvgIpc) is 3.05. The van der Waals surface area contributed by atoms with Crippen LogP contribution in [-0.2, 0) is 14.3 Å². The molecule has 5 nitrogen and oxygen atoms in total. The molecule has 1 aromatic heterocycles. The van der Waals surface area contributed by atoms with Crippen LogP contribution in [0.4, 0.5) is 0 Å². The first-order valence-corrected chi connectivity index (χ1v) is 8.17. The fourth-order valence-electron chi connectivity index (χ4n) is 2.44. The molecule has 0 spiro atoms. The van der Waals surface area contributed by atoms with Gasteiger partial charge >= 0.3 is 5.97 Å². The third-order valence-electron chi connectivity index (χ3n) is 3.60. The molecule has 1 aliphatic rings. The molecule has 2 rings (SSSR count). The maximum absolute atomic E-state index is 11.9. The number of nitrogens with zero attached hydrogens (tertiary/aromatic N) is 1. The third kappa shape index (κ3) is 4.71. The largest absolute Gasteiger partial charge is 0.452 e. The number of hydrogen-bond donors (Lipinski definition) is 1. The Kier molecular flexibility index (Phi) is 5.73. The van der Waals surface area contributed by atoms with Crippen LogP contribution in [0.15, 0.2) is 22.9 Å². The first-order valence-electron chi connectivity index (χ1n) is 7.23. The number of rotatable bonds is 5. The molecule has 1 fully saturated rings. The van der Waals surface area contributed by atoms with E-state index >= 15 is 0 Å². The molecule has 0 aliphatic heterocycles. The Morgan fingerprint density at radius 1 is 1.41 bits per heavy atom. The van der Waals surface area contributed by atoms with Gasteiger partial charge in [-0.3, -0.25) is 4.79 Å². The summed E-state index contributed by atoms with van der Waals surface area (Å²) in [6.45, 7) is -0.365. The lowest BCUT2D eigenvalue weighted by Crippen LogP contribution is -2.49. The number of ether oxygens (including phenoxy) is 1. The summed E-state index contributed by atoms with van der Waals surface area (Å²) in [7, 11) is 0. The summed E-state index contributed by atoms with van der Waals surface area (Å²) in [6, 6.07) is 4.07. The van der Waals surface area contributed by atoms with Crippen LogP contribution in [0.3, 0.4) is 0 Å². The molecule has 1 aliphatic carbocycles. The number of nitriles is 1. The Bertz CT molecular complexity index is 581. The molecule has 116 valence electrons. The Hall–Kier alpha value is -2.13. The van der Waals surface area contributed by atoms with Crippen molar-refractivity contribution < 1.29 is 14.3 Å². The number of carbonyl (C=O) groups is 2. The minimum absolute atomic E-state index is 0.365. The molecule has 22 heavy (non-hydrogen) atoms. The van der Waals surface area contributed by atoms with Crippen molar-refractivity contribution in [3.8, 4) is 6.07 Å². The Labute approximate surface area is 133 Å². The van der Waals surface area contributed by atoms with E-state index < -0.39 is 17.4 Å². The van der Waals surface area contributed by atoms with Gasteiger partial charge in [0.1, 0.15) is 5.54 Å². The van der Waals surface area contributed by atoms with E-state index in [1.165, 1.54) is 17.4 Å². The first-order chi connectivity index (χ1) is 10.6. The van der Waals surface area contributed by atoms with E-state index in [4.69, 9.17) is 4.74 Å². The normalized spacial score (nSPS) is 16.9. The predicted molar refractivity (Wildman–Crippen MR) is 83.9 cm³/mol. The van der Waals surface area contributed by atoms with Crippen molar-refractivity contribution in [3.05, 3.63) is 28.5 Å². The van der Waals surface area contributed by atoms with Crippen LogP contribution < -0.4 is 5.32 Å². The van der Waals surface area contributed by atoms with Crippen molar-refractivity contribution in [2.24, 2.45) is 0 Å². The van der Waals surface area contributed by atoms with Gasteiger partial charge in [0.05, 0.1) is 6.07 Å². The second kappa shape index (κ2) is 7.76. The zero-order valence-electron chi connectivity index (χ0n) is 12.2. The van der Waals surface area contributed by atoms with Crippen LogP contribution >= 0.6 is 11.3 Å². The standard InChI is InChI=1S/C16H18N2O3S/c17-12-16(7-2-1-3-8-16)18-14(19)10-21-15(20)5-4-13-6-9-22-11-13/h4-6,9,11H,1-3,7-8,10H2,(H,18,19)/b5-4+. The quantitative estimate of drug-likeness (QED) is 0.668. The van der Waals surface area contributed by atoms with Crippen LogP contribution in [-0.4, -0.2) is 24.0 Å². The summed E-state index contributed by atoms with van der Waals surface area (Å²) in [5, 5.41) is 15.8. The molecule has 0 bridgehead atoms. The van der Waals surface area contributed by atoms with Crippen LogP contribution in [0.25, 0.3) is 6.08 Å². The monoisotopic (exact) mass is 318 g/mol. The Morgan fingerprint density at radius 3 is 2.82 bits per heavy atom. The van der Waals surface area contributed by atoms with Crippen LogP contribution in [0.5, 0.6) is 0 Å². The van der Waals surface area contributed by atoms with Crippen molar-refractivity contribution in [3.63, 3.8) is 0 Å². The fourth-order valence-corrected chi connectivity index (χ4v) is 3.07. The highest BCUT2D eigenvalue weighted by Gasteiger charge is 2.33. The highest BCUT2D eigenvalue weighted by molar-refractivity contribution is 7.08. The van der Waals surface area contributed by atoms with Crippen molar-refractivity contribution in [2.75, 3.05) is 6.61 Å². The number of hydrogen-bond acceptors (Lipinski definition) is 5. The van der Waals surface area contributed by atoms with Gasteiger partial charge in [-0.25, -0.2) is 4.79 Å². The lowest BCUT2D eigenvalue weighted by atomic mass is 9.83. The van der Waals surface area contributed by atoms with Crippen molar-refractivity contribution in [1.29, 1.82) is 5.26 Å². The van der Waals surface area contributed by atoms with E-state index in [2.05, 4.69) is 11.4 Å². The van der Waals surface area contributed by atoms with E-state index in [1.807, 2.05) is 16.8 Å². The van der Waals surface area contributed by atoms with E-state index in [0.29, 0.717) is 12.8 Å². The molecule has 0 saturated heterocycles. The molecule has 1 N–H and O–H groups in total. The summed E-state index contributed by atoms with van der Waals surface area (Å²) < 4.78 is 4.89. The maximum Gasteiger partial charge on any atom is 0.331 e. The molecule has 0 aromatic carbocycles.